The summed E-state index contributed by atoms with van der Waals surface area (Å²) >= 11 is 0. The summed E-state index contributed by atoms with van der Waals surface area (Å²) in [5.41, 5.74) is 1.00. The molecule has 0 aliphatic carbocycles. The second-order valence-corrected chi connectivity index (χ2v) is 6.28. The Balaban J connectivity index is 1.91. The van der Waals surface area contributed by atoms with Crippen molar-refractivity contribution in [3.63, 3.8) is 0 Å². The van der Waals surface area contributed by atoms with E-state index in [1.54, 1.807) is 24.3 Å². The lowest BCUT2D eigenvalue weighted by Crippen LogP contribution is -2.44. The summed E-state index contributed by atoms with van der Waals surface area (Å²) in [6.45, 7) is 2.17. The molecule has 0 bridgehead atoms. The standard InChI is InChI=1S/C17H25F3N2O2/c1-21-8-6-15(7-9-21)22(10-11-23)12-14-2-4-16(5-3-14)24-13-17(18,19)20/h2-5,15,23H,6-13H2,1H3. The second kappa shape index (κ2) is 8.69. The third-order valence-corrected chi connectivity index (χ3v) is 4.30. The first-order valence-corrected chi connectivity index (χ1v) is 8.19. The van der Waals surface area contributed by atoms with Gasteiger partial charge in [0.2, 0.25) is 0 Å². The molecule has 1 fully saturated rings. The van der Waals surface area contributed by atoms with Gasteiger partial charge in [-0.25, -0.2) is 0 Å². The lowest BCUT2D eigenvalue weighted by atomic mass is 10.0. The van der Waals surface area contributed by atoms with E-state index in [-0.39, 0.29) is 12.4 Å². The molecule has 7 heteroatoms. The molecule has 24 heavy (non-hydrogen) atoms. The number of benzene rings is 1. The van der Waals surface area contributed by atoms with Crippen LogP contribution in [0.25, 0.3) is 0 Å². The Morgan fingerprint density at radius 3 is 2.38 bits per heavy atom. The van der Waals surface area contributed by atoms with Crippen LogP contribution in [0.4, 0.5) is 13.2 Å². The Hall–Kier alpha value is -1.31. The number of piperidine rings is 1. The zero-order valence-corrected chi connectivity index (χ0v) is 13.9. The van der Waals surface area contributed by atoms with E-state index in [4.69, 9.17) is 4.74 Å². The molecule has 0 amide bonds. The van der Waals surface area contributed by atoms with Crippen LogP contribution in [0, 0.1) is 0 Å². The second-order valence-electron chi connectivity index (χ2n) is 6.28. The lowest BCUT2D eigenvalue weighted by Gasteiger charge is -2.37. The lowest BCUT2D eigenvalue weighted by molar-refractivity contribution is -0.153. The van der Waals surface area contributed by atoms with Crippen molar-refractivity contribution in [2.24, 2.45) is 0 Å². The summed E-state index contributed by atoms with van der Waals surface area (Å²) in [5.74, 6) is 0.212. The molecule has 1 aliphatic rings. The maximum Gasteiger partial charge on any atom is 0.422 e. The summed E-state index contributed by atoms with van der Waals surface area (Å²) in [4.78, 5) is 4.54. The molecule has 1 aromatic carbocycles. The highest BCUT2D eigenvalue weighted by Crippen LogP contribution is 2.21. The van der Waals surface area contributed by atoms with Gasteiger partial charge < -0.3 is 14.7 Å². The highest BCUT2D eigenvalue weighted by molar-refractivity contribution is 5.27. The number of ether oxygens (including phenoxy) is 1. The Morgan fingerprint density at radius 1 is 1.21 bits per heavy atom. The van der Waals surface area contributed by atoms with Crippen molar-refractivity contribution in [3.8, 4) is 5.75 Å². The molecule has 0 aromatic heterocycles. The molecule has 1 aliphatic heterocycles. The zero-order valence-electron chi connectivity index (χ0n) is 13.9. The zero-order chi connectivity index (χ0) is 17.6. The molecule has 2 rings (SSSR count). The van der Waals surface area contributed by atoms with Crippen LogP contribution >= 0.6 is 0 Å². The predicted octanol–water partition coefficient (Wildman–Crippen LogP) is 2.52. The molecule has 1 heterocycles. The van der Waals surface area contributed by atoms with Crippen molar-refractivity contribution in [2.45, 2.75) is 31.6 Å². The molecule has 0 atom stereocenters. The fourth-order valence-corrected chi connectivity index (χ4v) is 2.97. The van der Waals surface area contributed by atoms with E-state index in [2.05, 4.69) is 16.8 Å². The Labute approximate surface area is 140 Å². The largest absolute Gasteiger partial charge is 0.484 e. The first-order chi connectivity index (χ1) is 11.4. The third-order valence-electron chi connectivity index (χ3n) is 4.30. The molecule has 1 saturated heterocycles. The summed E-state index contributed by atoms with van der Waals surface area (Å²) < 4.78 is 41.2. The molecule has 4 nitrogen and oxygen atoms in total. The van der Waals surface area contributed by atoms with Gasteiger partial charge in [-0.2, -0.15) is 13.2 Å². The number of rotatable bonds is 7. The fourth-order valence-electron chi connectivity index (χ4n) is 2.97. The van der Waals surface area contributed by atoms with Gasteiger partial charge in [0, 0.05) is 19.1 Å². The average molecular weight is 346 g/mol. The molecule has 0 radical (unpaired) electrons. The minimum Gasteiger partial charge on any atom is -0.484 e. The molecule has 1 aromatic rings. The van der Waals surface area contributed by atoms with Crippen molar-refractivity contribution in [3.05, 3.63) is 29.8 Å². The SMILES string of the molecule is CN1CCC(N(CCO)Cc2ccc(OCC(F)(F)F)cc2)CC1. The summed E-state index contributed by atoms with van der Waals surface area (Å²) in [5, 5.41) is 9.31. The maximum atomic E-state index is 12.2. The normalized spacial score (nSPS) is 17.4. The van der Waals surface area contributed by atoms with Crippen molar-refractivity contribution >= 4 is 0 Å². The van der Waals surface area contributed by atoms with E-state index in [1.807, 2.05) is 0 Å². The van der Waals surface area contributed by atoms with Gasteiger partial charge in [0.15, 0.2) is 6.61 Å². The van der Waals surface area contributed by atoms with E-state index in [0.29, 0.717) is 19.1 Å². The van der Waals surface area contributed by atoms with Crippen LogP contribution in [0.5, 0.6) is 5.75 Å². The van der Waals surface area contributed by atoms with Crippen LogP contribution in [-0.4, -0.2) is 67.0 Å². The summed E-state index contributed by atoms with van der Waals surface area (Å²) in [6.07, 6.45) is -2.21. The number of likely N-dealkylation sites (tertiary alicyclic amines) is 1. The van der Waals surface area contributed by atoms with E-state index in [0.717, 1.165) is 31.5 Å². The van der Waals surface area contributed by atoms with Gasteiger partial charge in [0.05, 0.1) is 6.61 Å². The quantitative estimate of drug-likeness (QED) is 0.823. The molecule has 136 valence electrons. The highest BCUT2D eigenvalue weighted by atomic mass is 19.4. The minimum absolute atomic E-state index is 0.0963. The van der Waals surface area contributed by atoms with Crippen molar-refractivity contribution in [1.29, 1.82) is 0 Å². The first kappa shape index (κ1) is 19.0. The van der Waals surface area contributed by atoms with Gasteiger partial charge in [0.25, 0.3) is 0 Å². The highest BCUT2D eigenvalue weighted by Gasteiger charge is 2.28. The van der Waals surface area contributed by atoms with Gasteiger partial charge in [-0.15, -0.1) is 0 Å². The van der Waals surface area contributed by atoms with E-state index < -0.39 is 12.8 Å². The monoisotopic (exact) mass is 346 g/mol. The molecule has 0 spiro atoms. The third kappa shape index (κ3) is 6.30. The van der Waals surface area contributed by atoms with Gasteiger partial charge in [0.1, 0.15) is 5.75 Å². The fraction of sp³-hybridized carbons (Fsp3) is 0.647. The number of nitrogens with zero attached hydrogens (tertiary/aromatic N) is 2. The van der Waals surface area contributed by atoms with Gasteiger partial charge in [-0.1, -0.05) is 12.1 Å². The number of aliphatic hydroxyl groups is 1. The van der Waals surface area contributed by atoms with Crippen molar-refractivity contribution in [1.82, 2.24) is 9.80 Å². The van der Waals surface area contributed by atoms with Crippen LogP contribution in [0.1, 0.15) is 18.4 Å². The van der Waals surface area contributed by atoms with Crippen LogP contribution in [0.3, 0.4) is 0 Å². The molecular weight excluding hydrogens is 321 g/mol. The van der Waals surface area contributed by atoms with Gasteiger partial charge in [-0.3, -0.25) is 4.90 Å². The number of alkyl halides is 3. The van der Waals surface area contributed by atoms with Crippen LogP contribution in [0.2, 0.25) is 0 Å². The molecule has 1 N–H and O–H groups in total. The van der Waals surface area contributed by atoms with Crippen LogP contribution < -0.4 is 4.74 Å². The maximum absolute atomic E-state index is 12.2. The Bertz CT molecular complexity index is 486. The van der Waals surface area contributed by atoms with Gasteiger partial charge >= 0.3 is 6.18 Å². The predicted molar refractivity (Wildman–Crippen MR) is 86.0 cm³/mol. The van der Waals surface area contributed by atoms with E-state index >= 15 is 0 Å². The number of hydrogen-bond acceptors (Lipinski definition) is 4. The molecule has 0 saturated carbocycles. The smallest absolute Gasteiger partial charge is 0.422 e. The van der Waals surface area contributed by atoms with Crippen molar-refractivity contribution in [2.75, 3.05) is 39.9 Å². The van der Waals surface area contributed by atoms with E-state index in [1.165, 1.54) is 0 Å². The number of hydrogen-bond donors (Lipinski definition) is 1. The number of aliphatic hydroxyl groups excluding tert-OH is 1. The molecule has 0 unspecified atom stereocenters. The Kier molecular flexibility index (Phi) is 6.89. The minimum atomic E-state index is -4.33. The van der Waals surface area contributed by atoms with Crippen LogP contribution in [-0.2, 0) is 6.54 Å². The topological polar surface area (TPSA) is 35.9 Å². The van der Waals surface area contributed by atoms with E-state index in [9.17, 15) is 18.3 Å². The molecular formula is C17H25F3N2O2. The Morgan fingerprint density at radius 2 is 1.83 bits per heavy atom. The van der Waals surface area contributed by atoms with Crippen molar-refractivity contribution < 1.29 is 23.0 Å². The summed E-state index contributed by atoms with van der Waals surface area (Å²) in [7, 11) is 2.10. The average Bonchev–Trinajstić information content (AvgIpc) is 2.54. The summed E-state index contributed by atoms with van der Waals surface area (Å²) in [6, 6.07) is 7.12. The van der Waals surface area contributed by atoms with Gasteiger partial charge in [-0.05, 0) is 50.7 Å². The first-order valence-electron chi connectivity index (χ1n) is 8.19. The van der Waals surface area contributed by atoms with Crippen LogP contribution in [0.15, 0.2) is 24.3 Å². The number of halogens is 3.